The second kappa shape index (κ2) is 6.42. The summed E-state index contributed by atoms with van der Waals surface area (Å²) < 4.78 is 32.3. The molecule has 0 bridgehead atoms. The molecule has 2 N–H and O–H groups in total. The fraction of sp³-hybridized carbons (Fsp3) is 0.294. The zero-order chi connectivity index (χ0) is 17.5. The number of rotatable bonds is 5. The van der Waals surface area contributed by atoms with Gasteiger partial charge in [0.15, 0.2) is 9.84 Å². The van der Waals surface area contributed by atoms with Gasteiger partial charge in [-0.25, -0.2) is 8.42 Å². The molecule has 2 aromatic rings. The van der Waals surface area contributed by atoms with Crippen LogP contribution in [-0.2, 0) is 14.6 Å². The van der Waals surface area contributed by atoms with Crippen LogP contribution in [0, 0.1) is 0 Å². The fourth-order valence-corrected chi connectivity index (χ4v) is 5.92. The van der Waals surface area contributed by atoms with Crippen LogP contribution in [-0.4, -0.2) is 32.9 Å². The van der Waals surface area contributed by atoms with Crippen LogP contribution in [0.3, 0.4) is 0 Å². The summed E-state index contributed by atoms with van der Waals surface area (Å²) >= 11 is 9.24. The molecule has 0 saturated heterocycles. The molecule has 0 heterocycles. The third-order valence-corrected chi connectivity index (χ3v) is 7.49. The van der Waals surface area contributed by atoms with E-state index in [1.165, 1.54) is 19.2 Å². The van der Waals surface area contributed by atoms with Crippen molar-refractivity contribution in [3.05, 3.63) is 63.6 Å². The Morgan fingerprint density at radius 2 is 1.75 bits per heavy atom. The maximum absolute atomic E-state index is 13.1. The molecule has 2 aromatic carbocycles. The minimum absolute atomic E-state index is 0.172. The van der Waals surface area contributed by atoms with E-state index >= 15 is 0 Å². The van der Waals surface area contributed by atoms with Crippen LogP contribution in [0.2, 0.25) is 5.02 Å². The number of hydrogen-bond donors (Lipinski definition) is 1. The first-order chi connectivity index (χ1) is 11.3. The highest BCUT2D eigenvalue weighted by Crippen LogP contribution is 2.55. The van der Waals surface area contributed by atoms with Gasteiger partial charge in [0.25, 0.3) is 0 Å². The average Bonchev–Trinajstić information content (AvgIpc) is 3.15. The molecule has 0 aliphatic heterocycles. The number of hydrogen-bond acceptors (Lipinski definition) is 4. The smallest absolute Gasteiger partial charge is 0.183 e. The summed E-state index contributed by atoms with van der Waals surface area (Å²) in [6.07, 6.45) is 0. The lowest BCUT2D eigenvalue weighted by atomic mass is 10.1. The van der Waals surface area contributed by atoms with Crippen molar-refractivity contribution in [1.82, 2.24) is 0 Å². The molecule has 1 aliphatic rings. The molecule has 128 valence electrons. The third kappa shape index (κ3) is 3.02. The summed E-state index contributed by atoms with van der Waals surface area (Å²) in [4.78, 5) is 0.224. The van der Waals surface area contributed by atoms with E-state index < -0.39 is 20.6 Å². The van der Waals surface area contributed by atoms with Crippen molar-refractivity contribution < 1.29 is 13.2 Å². The van der Waals surface area contributed by atoms with Gasteiger partial charge in [-0.2, -0.15) is 0 Å². The van der Waals surface area contributed by atoms with E-state index in [1.807, 2.05) is 24.3 Å². The molecule has 1 aliphatic carbocycles. The van der Waals surface area contributed by atoms with Gasteiger partial charge in [-0.15, -0.1) is 0 Å². The molecule has 0 aromatic heterocycles. The molecular weight excluding hydrogens is 414 g/mol. The summed E-state index contributed by atoms with van der Waals surface area (Å²) in [5, 5.41) is -0.239. The summed E-state index contributed by atoms with van der Waals surface area (Å²) in [5.74, 6) is -0.314. The normalized spacial score (nSPS) is 26.3. The molecule has 24 heavy (non-hydrogen) atoms. The van der Waals surface area contributed by atoms with Gasteiger partial charge < -0.3 is 10.5 Å². The minimum Gasteiger partial charge on any atom is -0.383 e. The summed E-state index contributed by atoms with van der Waals surface area (Å²) in [5.41, 5.74) is 6.37. The van der Waals surface area contributed by atoms with E-state index in [1.54, 1.807) is 12.1 Å². The second-order valence-electron chi connectivity index (χ2n) is 5.99. The second-order valence-corrected chi connectivity index (χ2v) is 9.42. The summed E-state index contributed by atoms with van der Waals surface area (Å²) in [6.45, 7) is 0.172. The van der Waals surface area contributed by atoms with E-state index in [2.05, 4.69) is 15.9 Å². The van der Waals surface area contributed by atoms with Crippen molar-refractivity contribution in [2.45, 2.75) is 21.6 Å². The molecule has 7 heteroatoms. The minimum atomic E-state index is -3.60. The predicted octanol–water partition coefficient (Wildman–Crippen LogP) is 3.39. The molecule has 1 fully saturated rings. The van der Waals surface area contributed by atoms with Gasteiger partial charge in [0.05, 0.1) is 22.3 Å². The fourth-order valence-electron chi connectivity index (χ4n) is 3.24. The third-order valence-electron chi connectivity index (χ3n) is 4.40. The highest BCUT2D eigenvalue weighted by Gasteiger charge is 2.69. The quantitative estimate of drug-likeness (QED) is 0.789. The number of ether oxygens (including phenoxy) is 1. The molecule has 3 atom stereocenters. The van der Waals surface area contributed by atoms with Crippen LogP contribution in [0.25, 0.3) is 0 Å². The largest absolute Gasteiger partial charge is 0.383 e. The van der Waals surface area contributed by atoms with Crippen molar-refractivity contribution in [3.8, 4) is 0 Å². The van der Waals surface area contributed by atoms with Crippen LogP contribution in [0.4, 0.5) is 0 Å². The zero-order valence-corrected chi connectivity index (χ0v) is 16.1. The van der Waals surface area contributed by atoms with E-state index in [4.69, 9.17) is 22.1 Å². The first kappa shape index (κ1) is 17.9. The topological polar surface area (TPSA) is 69.4 Å². The van der Waals surface area contributed by atoms with Crippen molar-refractivity contribution in [1.29, 1.82) is 0 Å². The van der Waals surface area contributed by atoms with Gasteiger partial charge in [-0.3, -0.25) is 0 Å². The van der Waals surface area contributed by atoms with Crippen LogP contribution in [0.1, 0.15) is 11.5 Å². The number of halogens is 2. The standard InChI is InChI=1S/C17H17BrClNO3S/c1-23-10-17(20)15(11-2-4-12(18)5-3-11)16(17)24(21,22)14-8-6-13(19)7-9-14/h2-9,15-16H,10,20H2,1H3/t15-,16+,17-/m1/s1. The Hall–Kier alpha value is -0.920. The molecule has 0 radical (unpaired) electrons. The Balaban J connectivity index is 2.01. The molecular formula is C17H17BrClNO3S. The average molecular weight is 431 g/mol. The van der Waals surface area contributed by atoms with Crippen molar-refractivity contribution in [2.24, 2.45) is 5.73 Å². The van der Waals surface area contributed by atoms with Gasteiger partial charge in [-0.1, -0.05) is 39.7 Å². The SMILES string of the molecule is COC[C@@]1(N)[C@H](c2ccc(Br)cc2)[C@@H]1S(=O)(=O)c1ccc(Cl)cc1. The van der Waals surface area contributed by atoms with E-state index in [0.29, 0.717) is 5.02 Å². The lowest BCUT2D eigenvalue weighted by Crippen LogP contribution is -2.35. The molecule has 1 saturated carbocycles. The molecule has 3 rings (SSSR count). The molecule has 0 unspecified atom stereocenters. The van der Waals surface area contributed by atoms with Crippen molar-refractivity contribution in [2.75, 3.05) is 13.7 Å². The Kier molecular flexibility index (Phi) is 4.79. The van der Waals surface area contributed by atoms with Crippen LogP contribution >= 0.6 is 27.5 Å². The van der Waals surface area contributed by atoms with Crippen molar-refractivity contribution >= 4 is 37.4 Å². The summed E-state index contributed by atoms with van der Waals surface area (Å²) in [7, 11) is -2.07. The zero-order valence-electron chi connectivity index (χ0n) is 12.9. The van der Waals surface area contributed by atoms with Crippen molar-refractivity contribution in [3.63, 3.8) is 0 Å². The van der Waals surface area contributed by atoms with E-state index in [9.17, 15) is 8.42 Å². The monoisotopic (exact) mass is 429 g/mol. The number of sulfone groups is 1. The van der Waals surface area contributed by atoms with Gasteiger partial charge >= 0.3 is 0 Å². The van der Waals surface area contributed by atoms with Crippen LogP contribution in [0.5, 0.6) is 0 Å². The molecule has 4 nitrogen and oxygen atoms in total. The highest BCUT2D eigenvalue weighted by molar-refractivity contribution is 9.10. The maximum atomic E-state index is 13.1. The maximum Gasteiger partial charge on any atom is 0.183 e. The van der Waals surface area contributed by atoms with Crippen LogP contribution < -0.4 is 5.73 Å². The molecule has 0 amide bonds. The number of nitrogens with two attached hydrogens (primary N) is 1. The Morgan fingerprint density at radius 3 is 2.29 bits per heavy atom. The first-order valence-electron chi connectivity index (χ1n) is 7.33. The van der Waals surface area contributed by atoms with Gasteiger partial charge in [0.2, 0.25) is 0 Å². The lowest BCUT2D eigenvalue weighted by Gasteiger charge is -2.11. The number of methoxy groups -OCH3 is 1. The van der Waals surface area contributed by atoms with Gasteiger partial charge in [0.1, 0.15) is 0 Å². The Morgan fingerprint density at radius 1 is 1.17 bits per heavy atom. The van der Waals surface area contributed by atoms with E-state index in [-0.39, 0.29) is 17.4 Å². The van der Waals surface area contributed by atoms with Gasteiger partial charge in [0, 0.05) is 22.5 Å². The highest BCUT2D eigenvalue weighted by atomic mass is 79.9. The number of benzene rings is 2. The molecule has 0 spiro atoms. The Bertz CT molecular complexity index is 839. The predicted molar refractivity (Wildman–Crippen MR) is 98.1 cm³/mol. The van der Waals surface area contributed by atoms with Crippen LogP contribution in [0.15, 0.2) is 57.9 Å². The summed E-state index contributed by atoms with van der Waals surface area (Å²) in [6, 6.07) is 13.7. The van der Waals surface area contributed by atoms with E-state index in [0.717, 1.165) is 10.0 Å². The first-order valence-corrected chi connectivity index (χ1v) is 10.0. The Labute approximate surface area is 155 Å². The lowest BCUT2D eigenvalue weighted by molar-refractivity contribution is 0.171. The van der Waals surface area contributed by atoms with Gasteiger partial charge in [-0.05, 0) is 42.0 Å².